The normalized spacial score (nSPS) is 12.8. The summed E-state index contributed by atoms with van der Waals surface area (Å²) in [6.45, 7) is 9.07. The molecule has 1 atom stereocenters. The fraction of sp³-hybridized carbons (Fsp3) is 0.538. The van der Waals surface area contributed by atoms with E-state index in [4.69, 9.17) is 11.8 Å². The van der Waals surface area contributed by atoms with Gasteiger partial charge in [-0.05, 0) is 0 Å². The minimum absolute atomic E-state index is 0.718. The van der Waals surface area contributed by atoms with Crippen LogP contribution < -0.4 is 0 Å². The number of hydrogen-bond donors (Lipinski definition) is 0. The zero-order valence-electron chi connectivity index (χ0n) is 19.2. The van der Waals surface area contributed by atoms with E-state index in [1.165, 1.54) is 65.6 Å². The zero-order valence-corrected chi connectivity index (χ0v) is 23.5. The fourth-order valence-corrected chi connectivity index (χ4v) is 17.7. The number of rotatable bonds is 14. The molecule has 0 amide bonds. The Kier molecular flexibility index (Phi) is 12.4. The summed E-state index contributed by atoms with van der Waals surface area (Å²) in [5, 5.41) is -0.00279. The van der Waals surface area contributed by atoms with Gasteiger partial charge in [0.15, 0.2) is 0 Å². The zero-order chi connectivity index (χ0) is 21.8. The molecule has 2 aromatic carbocycles. The summed E-state index contributed by atoms with van der Waals surface area (Å²) in [6, 6.07) is 18.1. The molecule has 0 N–H and O–H groups in total. The molecule has 0 heterocycles. The van der Waals surface area contributed by atoms with Crippen molar-refractivity contribution in [3.05, 3.63) is 70.8 Å². The van der Waals surface area contributed by atoms with E-state index in [0.717, 1.165) is 31.9 Å². The number of unbranched alkanes of at least 4 members (excludes halogenated alkanes) is 3. The summed E-state index contributed by atoms with van der Waals surface area (Å²) in [5.74, 6) is 0. The molecule has 0 fully saturated rings. The van der Waals surface area contributed by atoms with E-state index in [2.05, 4.69) is 87.6 Å². The molecule has 0 aliphatic heterocycles. The predicted octanol–water partition coefficient (Wildman–Crippen LogP) is 8.27. The number of aryl methyl sites for hydroxylation is 4. The first-order valence-electron chi connectivity index (χ1n) is 11.4. The summed E-state index contributed by atoms with van der Waals surface area (Å²) in [6.07, 6.45) is 10.2. The first kappa shape index (κ1) is 26.2. The van der Waals surface area contributed by atoms with Gasteiger partial charge < -0.3 is 0 Å². The Labute approximate surface area is 201 Å². The Morgan fingerprint density at radius 3 is 1.80 bits per heavy atom. The second kappa shape index (κ2) is 14.2. The third-order valence-electron chi connectivity index (χ3n) is 5.41. The Morgan fingerprint density at radius 1 is 0.833 bits per heavy atom. The van der Waals surface area contributed by atoms with Crippen molar-refractivity contribution in [3.8, 4) is 0 Å². The molecule has 0 aromatic heterocycles. The number of hydrogen-bond acceptors (Lipinski definition) is 2. The van der Waals surface area contributed by atoms with Gasteiger partial charge in [0.25, 0.3) is 0 Å². The molecule has 0 bridgehead atoms. The Morgan fingerprint density at radius 2 is 1.33 bits per heavy atom. The van der Waals surface area contributed by atoms with Gasteiger partial charge in [-0.15, -0.1) is 0 Å². The van der Waals surface area contributed by atoms with Crippen molar-refractivity contribution >= 4 is 43.4 Å². The topological polar surface area (TPSA) is 0 Å². The van der Waals surface area contributed by atoms with Crippen molar-refractivity contribution in [1.29, 1.82) is 0 Å². The second-order valence-corrected chi connectivity index (χ2v) is 21.0. The first-order chi connectivity index (χ1) is 14.4. The molecular weight excluding hydrogens is 486 g/mol. The quantitative estimate of drug-likeness (QED) is 0.138. The van der Waals surface area contributed by atoms with Crippen LogP contribution in [-0.2, 0) is 24.6 Å². The summed E-state index contributed by atoms with van der Waals surface area (Å²) >= 11 is 9.36. The molecule has 4 heteroatoms. The van der Waals surface area contributed by atoms with Crippen LogP contribution in [0.4, 0.5) is 0 Å². The van der Waals surface area contributed by atoms with Crippen LogP contribution in [0.15, 0.2) is 48.5 Å². The van der Waals surface area contributed by atoms with Crippen molar-refractivity contribution in [2.45, 2.75) is 75.7 Å². The van der Waals surface area contributed by atoms with Crippen LogP contribution in [0.2, 0.25) is 5.32 Å². The maximum atomic E-state index is 6.43. The van der Waals surface area contributed by atoms with Crippen LogP contribution in [0.1, 0.15) is 61.8 Å². The van der Waals surface area contributed by atoms with Crippen molar-refractivity contribution in [2.75, 3.05) is 12.3 Å². The fourth-order valence-electron chi connectivity index (χ4n) is 3.40. The van der Waals surface area contributed by atoms with Crippen LogP contribution in [0, 0.1) is 13.8 Å². The first-order valence-corrected chi connectivity index (χ1v) is 18.2. The van der Waals surface area contributed by atoms with E-state index in [9.17, 15) is 0 Å². The van der Waals surface area contributed by atoms with Crippen LogP contribution in [-0.4, -0.2) is 31.4 Å². The van der Waals surface area contributed by atoms with Gasteiger partial charge >= 0.3 is 202 Å². The molecule has 0 aliphatic carbocycles. The van der Waals surface area contributed by atoms with E-state index in [1.54, 1.807) is 0 Å². The van der Waals surface area contributed by atoms with Crippen molar-refractivity contribution in [2.24, 2.45) is 0 Å². The van der Waals surface area contributed by atoms with Crippen molar-refractivity contribution in [3.63, 3.8) is 0 Å². The van der Waals surface area contributed by atoms with Crippen molar-refractivity contribution < 1.29 is 0 Å². The SMILES string of the molecule is CCCCCC[Se]C(C)SP(=S)(CCc1ccc(C)cc1)CCc1ccc(C)cc1. The molecule has 0 spiro atoms. The molecule has 0 saturated heterocycles. The van der Waals surface area contributed by atoms with Gasteiger partial charge in [0.2, 0.25) is 0 Å². The minimum atomic E-state index is -1.43. The van der Waals surface area contributed by atoms with Gasteiger partial charge in [0.05, 0.1) is 0 Å². The van der Waals surface area contributed by atoms with Crippen molar-refractivity contribution in [1.82, 2.24) is 0 Å². The Balaban J connectivity index is 1.95. The Hall–Kier alpha value is -0.0405. The molecule has 0 radical (unpaired) electrons. The maximum absolute atomic E-state index is 6.43. The average Bonchev–Trinajstić information content (AvgIpc) is 2.73. The van der Waals surface area contributed by atoms with E-state index in [1.807, 2.05) is 0 Å². The second-order valence-electron chi connectivity index (χ2n) is 8.34. The molecular formula is C26H39PS2Se. The Bertz CT molecular complexity index is 717. The molecule has 0 saturated carbocycles. The van der Waals surface area contributed by atoms with Crippen LogP contribution in [0.3, 0.4) is 0 Å². The molecule has 2 aromatic rings. The van der Waals surface area contributed by atoms with E-state index < -0.39 is 5.24 Å². The molecule has 0 nitrogen and oxygen atoms in total. The van der Waals surface area contributed by atoms with Crippen LogP contribution in [0.25, 0.3) is 0 Å². The third-order valence-corrected chi connectivity index (χ3v) is 17.3. The van der Waals surface area contributed by atoms with Gasteiger partial charge in [-0.2, -0.15) is 0 Å². The summed E-state index contributed by atoms with van der Waals surface area (Å²) < 4.78 is 0.751. The van der Waals surface area contributed by atoms with Gasteiger partial charge in [-0.1, -0.05) is 0 Å². The summed E-state index contributed by atoms with van der Waals surface area (Å²) in [7, 11) is 0. The van der Waals surface area contributed by atoms with Gasteiger partial charge in [0.1, 0.15) is 0 Å². The van der Waals surface area contributed by atoms with E-state index in [-0.39, 0.29) is 0 Å². The molecule has 0 aliphatic rings. The summed E-state index contributed by atoms with van der Waals surface area (Å²) in [4.78, 5) is 0. The van der Waals surface area contributed by atoms with Gasteiger partial charge in [-0.25, -0.2) is 0 Å². The predicted molar refractivity (Wildman–Crippen MR) is 146 cm³/mol. The van der Waals surface area contributed by atoms with Crippen LogP contribution in [0.5, 0.6) is 0 Å². The molecule has 1 unspecified atom stereocenters. The number of benzene rings is 2. The van der Waals surface area contributed by atoms with E-state index >= 15 is 0 Å². The third kappa shape index (κ3) is 10.5. The molecule has 2 rings (SSSR count). The van der Waals surface area contributed by atoms with Gasteiger partial charge in [0, 0.05) is 0 Å². The summed E-state index contributed by atoms with van der Waals surface area (Å²) in [5.41, 5.74) is 5.57. The van der Waals surface area contributed by atoms with E-state index in [0.29, 0.717) is 0 Å². The van der Waals surface area contributed by atoms with Crippen LogP contribution >= 0.6 is 16.6 Å². The van der Waals surface area contributed by atoms with Gasteiger partial charge in [-0.3, -0.25) is 0 Å². The molecule has 166 valence electrons. The monoisotopic (exact) mass is 526 g/mol. The standard InChI is InChI=1S/C26H39PS2Se/c1-5-6-7-8-21-30-24(4)29-27(28,19-17-25-13-9-22(2)10-14-25)20-18-26-15-11-23(3)12-16-26/h9-16,24H,5-8,17-21H2,1-4H3. The average molecular weight is 526 g/mol. The molecule has 30 heavy (non-hydrogen) atoms.